The van der Waals surface area contributed by atoms with Crippen LogP contribution in [-0.4, -0.2) is 74.7 Å². The van der Waals surface area contributed by atoms with Crippen LogP contribution in [0.1, 0.15) is 25.1 Å². The highest BCUT2D eigenvalue weighted by Gasteiger charge is 2.16. The Bertz CT molecular complexity index is 1590. The largest absolute Gasteiger partial charge is 0.369 e. The minimum absolute atomic E-state index is 0.199. The predicted octanol–water partition coefficient (Wildman–Crippen LogP) is 3.10. The van der Waals surface area contributed by atoms with Crippen LogP contribution in [0.2, 0.25) is 0 Å². The molecule has 0 atom stereocenters. The minimum Gasteiger partial charge on any atom is -0.369 e. The summed E-state index contributed by atoms with van der Waals surface area (Å²) in [6.07, 6.45) is 5.71. The SMILES string of the molecule is CCN(C#Cc1cc2cnc(Nc3ccc(N4CCNCC4)cc3)nc2n(Cc2nn(C)cc2SC)c1=O)CC. The third-order valence-electron chi connectivity index (χ3n) is 6.94. The number of hydrogen-bond donors (Lipinski definition) is 2. The summed E-state index contributed by atoms with van der Waals surface area (Å²) in [5, 5.41) is 12.0. The van der Waals surface area contributed by atoms with Crippen LogP contribution in [0.4, 0.5) is 17.3 Å². The summed E-state index contributed by atoms with van der Waals surface area (Å²) in [5.41, 5.74) is 3.63. The number of hydrogen-bond acceptors (Lipinski definition) is 9. The molecule has 2 N–H and O–H groups in total. The molecule has 0 unspecified atom stereocenters. The third kappa shape index (κ3) is 6.08. The van der Waals surface area contributed by atoms with Crippen LogP contribution in [0.3, 0.4) is 0 Å². The molecule has 11 heteroatoms. The Morgan fingerprint density at radius 1 is 1.15 bits per heavy atom. The molecule has 40 heavy (non-hydrogen) atoms. The van der Waals surface area contributed by atoms with Gasteiger partial charge in [-0.1, -0.05) is 0 Å². The van der Waals surface area contributed by atoms with Gasteiger partial charge in [0.05, 0.1) is 22.7 Å². The van der Waals surface area contributed by atoms with Crippen LogP contribution in [-0.2, 0) is 13.6 Å². The fourth-order valence-corrected chi connectivity index (χ4v) is 5.33. The summed E-state index contributed by atoms with van der Waals surface area (Å²) in [6, 6.07) is 13.2. The molecule has 4 heterocycles. The van der Waals surface area contributed by atoms with Crippen molar-refractivity contribution in [2.24, 2.45) is 7.05 Å². The van der Waals surface area contributed by atoms with E-state index >= 15 is 0 Å². The Kier molecular flexibility index (Phi) is 8.57. The van der Waals surface area contributed by atoms with Crippen molar-refractivity contribution < 1.29 is 0 Å². The lowest BCUT2D eigenvalue weighted by Crippen LogP contribution is -2.43. The molecule has 1 aliphatic heterocycles. The zero-order valence-electron chi connectivity index (χ0n) is 23.4. The van der Waals surface area contributed by atoms with E-state index in [0.717, 1.165) is 60.9 Å². The van der Waals surface area contributed by atoms with Gasteiger partial charge in [-0.25, -0.2) is 4.98 Å². The number of aromatic nitrogens is 5. The van der Waals surface area contributed by atoms with Gasteiger partial charge in [0.25, 0.3) is 5.56 Å². The van der Waals surface area contributed by atoms with E-state index in [0.29, 0.717) is 17.2 Å². The summed E-state index contributed by atoms with van der Waals surface area (Å²) in [6.45, 7) is 9.91. The van der Waals surface area contributed by atoms with E-state index in [9.17, 15) is 4.79 Å². The molecule has 0 radical (unpaired) electrons. The van der Waals surface area contributed by atoms with Crippen LogP contribution in [0.25, 0.3) is 11.0 Å². The number of benzene rings is 1. The summed E-state index contributed by atoms with van der Waals surface area (Å²) >= 11 is 1.60. The average Bonchev–Trinajstić information content (AvgIpc) is 3.35. The van der Waals surface area contributed by atoms with Crippen LogP contribution in [0.5, 0.6) is 0 Å². The molecule has 1 fully saturated rings. The van der Waals surface area contributed by atoms with Crippen molar-refractivity contribution in [3.05, 3.63) is 64.3 Å². The molecule has 3 aromatic heterocycles. The molecular weight excluding hydrogens is 522 g/mol. The lowest BCUT2D eigenvalue weighted by atomic mass is 10.2. The number of piperazine rings is 1. The lowest BCUT2D eigenvalue weighted by Gasteiger charge is -2.29. The van der Waals surface area contributed by atoms with Crippen LogP contribution >= 0.6 is 11.8 Å². The van der Waals surface area contributed by atoms with Gasteiger partial charge < -0.3 is 20.4 Å². The molecule has 5 rings (SSSR count). The van der Waals surface area contributed by atoms with E-state index in [2.05, 4.69) is 49.7 Å². The van der Waals surface area contributed by atoms with Crippen molar-refractivity contribution in [1.82, 2.24) is 34.5 Å². The Hall–Kier alpha value is -4.01. The van der Waals surface area contributed by atoms with Crippen LogP contribution < -0.4 is 21.1 Å². The molecule has 1 aromatic carbocycles. The molecule has 4 aromatic rings. The first-order valence-electron chi connectivity index (χ1n) is 13.6. The first-order valence-corrected chi connectivity index (χ1v) is 14.8. The summed E-state index contributed by atoms with van der Waals surface area (Å²) in [5.74, 6) is 3.51. The molecule has 0 aliphatic carbocycles. The van der Waals surface area contributed by atoms with Crippen molar-refractivity contribution in [2.45, 2.75) is 25.3 Å². The second-order valence-electron chi connectivity index (χ2n) is 9.56. The number of aryl methyl sites for hydroxylation is 1. The van der Waals surface area contributed by atoms with E-state index in [1.54, 1.807) is 33.3 Å². The van der Waals surface area contributed by atoms with Gasteiger partial charge in [-0.2, -0.15) is 10.1 Å². The number of pyridine rings is 1. The van der Waals surface area contributed by atoms with E-state index in [1.807, 2.05) is 50.4 Å². The van der Waals surface area contributed by atoms with Gasteiger partial charge in [-0.3, -0.25) is 14.0 Å². The van der Waals surface area contributed by atoms with E-state index in [4.69, 9.17) is 4.98 Å². The molecule has 0 saturated carbocycles. The molecule has 208 valence electrons. The maximum Gasteiger partial charge on any atom is 0.268 e. The Morgan fingerprint density at radius 2 is 1.90 bits per heavy atom. The Labute approximate surface area is 238 Å². The van der Waals surface area contributed by atoms with Gasteiger partial charge >= 0.3 is 0 Å². The van der Waals surface area contributed by atoms with Gasteiger partial charge in [0.1, 0.15) is 5.65 Å². The van der Waals surface area contributed by atoms with Gasteiger partial charge in [0.15, 0.2) is 0 Å². The number of nitrogens with zero attached hydrogens (tertiary/aromatic N) is 7. The quantitative estimate of drug-likeness (QED) is 0.192. The van der Waals surface area contributed by atoms with Crippen molar-refractivity contribution in [2.75, 3.05) is 55.7 Å². The number of anilines is 3. The van der Waals surface area contributed by atoms with E-state index in [-0.39, 0.29) is 12.1 Å². The highest BCUT2D eigenvalue weighted by molar-refractivity contribution is 7.98. The average molecular weight is 558 g/mol. The lowest BCUT2D eigenvalue weighted by molar-refractivity contribution is 0.444. The topological polar surface area (TPSA) is 96.1 Å². The maximum atomic E-state index is 13.8. The highest BCUT2D eigenvalue weighted by Crippen LogP contribution is 2.23. The van der Waals surface area contributed by atoms with Crippen LogP contribution in [0, 0.1) is 12.0 Å². The molecule has 0 spiro atoms. The van der Waals surface area contributed by atoms with E-state index in [1.165, 1.54) is 5.69 Å². The number of nitrogens with one attached hydrogen (secondary N) is 2. The van der Waals surface area contributed by atoms with Crippen molar-refractivity contribution >= 4 is 40.1 Å². The molecule has 1 saturated heterocycles. The number of fused-ring (bicyclic) bond motifs is 1. The fraction of sp³-hybridized carbons (Fsp3) is 0.379. The molecule has 1 aliphatic rings. The smallest absolute Gasteiger partial charge is 0.268 e. The highest BCUT2D eigenvalue weighted by atomic mass is 32.2. The number of rotatable bonds is 8. The monoisotopic (exact) mass is 557 g/mol. The van der Waals surface area contributed by atoms with Gasteiger partial charge in [0, 0.05) is 81.5 Å². The fourth-order valence-electron chi connectivity index (χ4n) is 4.73. The second-order valence-corrected chi connectivity index (χ2v) is 10.4. The Morgan fingerprint density at radius 3 is 2.60 bits per heavy atom. The third-order valence-corrected chi connectivity index (χ3v) is 7.72. The van der Waals surface area contributed by atoms with E-state index < -0.39 is 0 Å². The number of thioether (sulfide) groups is 1. The van der Waals surface area contributed by atoms with Gasteiger partial charge in [-0.15, -0.1) is 11.8 Å². The van der Waals surface area contributed by atoms with Crippen molar-refractivity contribution in [3.63, 3.8) is 0 Å². The summed E-state index contributed by atoms with van der Waals surface area (Å²) in [4.78, 5) is 28.5. The Balaban J connectivity index is 1.51. The van der Waals surface area contributed by atoms with Gasteiger partial charge in [0.2, 0.25) is 5.95 Å². The zero-order valence-corrected chi connectivity index (χ0v) is 24.3. The molecular formula is C29H35N9OS. The maximum absolute atomic E-state index is 13.8. The zero-order chi connectivity index (χ0) is 28.1. The van der Waals surface area contributed by atoms with Gasteiger partial charge in [-0.05, 0) is 56.4 Å². The van der Waals surface area contributed by atoms with Crippen molar-refractivity contribution in [3.8, 4) is 12.0 Å². The predicted molar refractivity (Wildman–Crippen MR) is 162 cm³/mol. The van der Waals surface area contributed by atoms with Crippen LogP contribution in [0.15, 0.2) is 52.4 Å². The van der Waals surface area contributed by atoms with Crippen molar-refractivity contribution in [1.29, 1.82) is 0 Å². The summed E-state index contributed by atoms with van der Waals surface area (Å²) < 4.78 is 3.43. The normalized spacial score (nSPS) is 13.2. The molecule has 0 bridgehead atoms. The first-order chi connectivity index (χ1) is 19.5. The minimum atomic E-state index is -0.199. The molecule has 0 amide bonds. The summed E-state index contributed by atoms with van der Waals surface area (Å²) in [7, 11) is 1.88. The molecule has 10 nitrogen and oxygen atoms in total. The first kappa shape index (κ1) is 27.6. The standard InChI is InChI=1S/C29H35N9OS/c1-5-36(6-2)14-11-21-17-22-18-31-29(32-23-7-9-24(10-8-23)37-15-12-30-13-16-37)33-27(22)38(28(21)39)19-25-26(40-4)20-35(3)34-25/h7-10,17-18,20,30H,5-6,12-13,15-16,19H2,1-4H3,(H,31,32,33). The second kappa shape index (κ2) is 12.4.